The van der Waals surface area contributed by atoms with Gasteiger partial charge in [-0.25, -0.2) is 4.39 Å². The van der Waals surface area contributed by atoms with E-state index >= 15 is 0 Å². The zero-order valence-corrected chi connectivity index (χ0v) is 9.76. The highest BCUT2D eigenvalue weighted by Crippen LogP contribution is 2.18. The van der Waals surface area contributed by atoms with Crippen LogP contribution in [0.2, 0.25) is 0 Å². The van der Waals surface area contributed by atoms with E-state index < -0.39 is 5.82 Å². The van der Waals surface area contributed by atoms with Gasteiger partial charge in [0.05, 0.1) is 19.2 Å². The first-order valence-electron chi connectivity index (χ1n) is 5.34. The third-order valence-electron chi connectivity index (χ3n) is 2.44. The molecule has 18 heavy (non-hydrogen) atoms. The molecule has 0 aliphatic heterocycles. The van der Waals surface area contributed by atoms with Crippen molar-refractivity contribution in [2.45, 2.75) is 6.42 Å². The largest absolute Gasteiger partial charge is 0.494 e. The number of methoxy groups -OCH3 is 1. The van der Waals surface area contributed by atoms with Crippen LogP contribution >= 0.6 is 0 Å². The molecule has 1 aromatic carbocycles. The summed E-state index contributed by atoms with van der Waals surface area (Å²) < 4.78 is 18.2. The summed E-state index contributed by atoms with van der Waals surface area (Å²) in [6, 6.07) is 7.52. The molecule has 4 nitrogen and oxygen atoms in total. The van der Waals surface area contributed by atoms with Gasteiger partial charge in [-0.2, -0.15) is 10.2 Å². The Morgan fingerprint density at radius 2 is 2.22 bits per heavy atom. The van der Waals surface area contributed by atoms with Crippen LogP contribution in [-0.4, -0.2) is 23.1 Å². The molecule has 0 atom stereocenters. The third kappa shape index (κ3) is 2.68. The van der Waals surface area contributed by atoms with Crippen LogP contribution in [-0.2, 0) is 6.42 Å². The minimum atomic E-state index is -0.553. The molecule has 0 aliphatic rings. The molecule has 0 radical (unpaired) electrons. The zero-order valence-electron chi connectivity index (χ0n) is 9.76. The first kappa shape index (κ1) is 12.2. The Hall–Kier alpha value is -2.30. The first-order chi connectivity index (χ1) is 8.70. The van der Waals surface area contributed by atoms with Gasteiger partial charge in [0.15, 0.2) is 17.3 Å². The maximum Gasteiger partial charge on any atom is 0.168 e. The summed E-state index contributed by atoms with van der Waals surface area (Å²) in [6.07, 6.45) is 1.63. The number of Topliss-reactive ketones (excluding diaryl/α,β-unsaturated/α-hetero) is 1. The number of benzene rings is 1. The highest BCUT2D eigenvalue weighted by Gasteiger charge is 2.11. The lowest BCUT2D eigenvalue weighted by Gasteiger charge is -2.04. The molecule has 0 aliphatic carbocycles. The van der Waals surface area contributed by atoms with Crippen molar-refractivity contribution >= 4 is 5.78 Å². The van der Waals surface area contributed by atoms with E-state index in [0.717, 1.165) is 6.07 Å². The summed E-state index contributed by atoms with van der Waals surface area (Å²) in [4.78, 5) is 11.9. The minimum Gasteiger partial charge on any atom is -0.494 e. The molecule has 1 aromatic heterocycles. The smallest absolute Gasteiger partial charge is 0.168 e. The molecule has 2 rings (SSSR count). The maximum absolute atomic E-state index is 13.4. The number of ether oxygens (including phenoxy) is 1. The monoisotopic (exact) mass is 246 g/mol. The van der Waals surface area contributed by atoms with E-state index in [-0.39, 0.29) is 18.0 Å². The van der Waals surface area contributed by atoms with Gasteiger partial charge < -0.3 is 4.74 Å². The van der Waals surface area contributed by atoms with Gasteiger partial charge in [-0.05, 0) is 30.3 Å². The molecule has 0 spiro atoms. The van der Waals surface area contributed by atoms with E-state index in [1.165, 1.54) is 25.4 Å². The van der Waals surface area contributed by atoms with E-state index in [4.69, 9.17) is 4.74 Å². The third-order valence-corrected chi connectivity index (χ3v) is 2.44. The summed E-state index contributed by atoms with van der Waals surface area (Å²) >= 11 is 0. The average molecular weight is 246 g/mol. The summed E-state index contributed by atoms with van der Waals surface area (Å²) in [5.74, 6) is -0.648. The van der Waals surface area contributed by atoms with Gasteiger partial charge in [0.1, 0.15) is 0 Å². The van der Waals surface area contributed by atoms with Gasteiger partial charge in [0.2, 0.25) is 0 Å². The van der Waals surface area contributed by atoms with Crippen molar-refractivity contribution in [3.05, 3.63) is 53.6 Å². The Bertz CT molecular complexity index is 558. The van der Waals surface area contributed by atoms with Gasteiger partial charge in [-0.3, -0.25) is 4.79 Å². The van der Waals surface area contributed by atoms with Gasteiger partial charge in [0.25, 0.3) is 0 Å². The van der Waals surface area contributed by atoms with Crippen molar-refractivity contribution in [1.29, 1.82) is 0 Å². The molecule has 0 saturated carbocycles. The van der Waals surface area contributed by atoms with Crippen LogP contribution in [0.25, 0.3) is 0 Å². The van der Waals surface area contributed by atoms with E-state index in [2.05, 4.69) is 10.2 Å². The quantitative estimate of drug-likeness (QED) is 0.775. The number of hydrogen-bond donors (Lipinski definition) is 0. The van der Waals surface area contributed by atoms with Crippen molar-refractivity contribution in [1.82, 2.24) is 10.2 Å². The van der Waals surface area contributed by atoms with Crippen LogP contribution in [0.3, 0.4) is 0 Å². The Morgan fingerprint density at radius 3 is 2.83 bits per heavy atom. The zero-order chi connectivity index (χ0) is 13.0. The Labute approximate surface area is 103 Å². The SMILES string of the molecule is COc1ccc(C(=O)Cc2cccnn2)cc1F. The molecule has 5 heteroatoms. The van der Waals surface area contributed by atoms with E-state index in [1.807, 2.05) is 0 Å². The second-order valence-corrected chi connectivity index (χ2v) is 3.66. The van der Waals surface area contributed by atoms with Crippen molar-refractivity contribution in [2.24, 2.45) is 0 Å². The number of ketones is 1. The molecule has 2 aromatic rings. The lowest BCUT2D eigenvalue weighted by Crippen LogP contribution is -2.06. The summed E-state index contributed by atoms with van der Waals surface area (Å²) in [5.41, 5.74) is 0.845. The van der Waals surface area contributed by atoms with Crippen LogP contribution in [0, 0.1) is 5.82 Å². The highest BCUT2D eigenvalue weighted by molar-refractivity contribution is 5.97. The standard InChI is InChI=1S/C13H11FN2O2/c1-18-13-5-4-9(7-11(13)14)12(17)8-10-3-2-6-15-16-10/h2-7H,8H2,1H3. The molecule has 1 heterocycles. The van der Waals surface area contributed by atoms with Crippen LogP contribution in [0.1, 0.15) is 16.1 Å². The van der Waals surface area contributed by atoms with Gasteiger partial charge in [-0.1, -0.05) is 0 Å². The van der Waals surface area contributed by atoms with Crippen LogP contribution < -0.4 is 4.74 Å². The fourth-order valence-electron chi connectivity index (χ4n) is 1.53. The normalized spacial score (nSPS) is 10.1. The lowest BCUT2D eigenvalue weighted by molar-refractivity contribution is 0.0991. The second-order valence-electron chi connectivity index (χ2n) is 3.66. The topological polar surface area (TPSA) is 52.1 Å². The predicted octanol–water partition coefficient (Wildman–Crippen LogP) is 2.05. The fraction of sp³-hybridized carbons (Fsp3) is 0.154. The fourth-order valence-corrected chi connectivity index (χ4v) is 1.53. The van der Waals surface area contributed by atoms with E-state index in [0.29, 0.717) is 11.3 Å². The summed E-state index contributed by atoms with van der Waals surface area (Å²) in [6.45, 7) is 0. The Balaban J connectivity index is 2.17. The molecular formula is C13H11FN2O2. The van der Waals surface area contributed by atoms with Crippen molar-refractivity contribution in [3.63, 3.8) is 0 Å². The molecule has 0 N–H and O–H groups in total. The Kier molecular flexibility index (Phi) is 3.62. The molecule has 0 unspecified atom stereocenters. The minimum absolute atomic E-state index is 0.0968. The lowest BCUT2D eigenvalue weighted by atomic mass is 10.1. The maximum atomic E-state index is 13.4. The van der Waals surface area contributed by atoms with E-state index in [9.17, 15) is 9.18 Å². The predicted molar refractivity (Wildman–Crippen MR) is 63.0 cm³/mol. The van der Waals surface area contributed by atoms with Gasteiger partial charge >= 0.3 is 0 Å². The van der Waals surface area contributed by atoms with Crippen LogP contribution in [0.15, 0.2) is 36.5 Å². The molecular weight excluding hydrogens is 235 g/mol. The van der Waals surface area contributed by atoms with Gasteiger partial charge in [-0.15, -0.1) is 0 Å². The van der Waals surface area contributed by atoms with Crippen molar-refractivity contribution in [2.75, 3.05) is 7.11 Å². The number of aromatic nitrogens is 2. The molecule has 0 amide bonds. The van der Waals surface area contributed by atoms with E-state index in [1.54, 1.807) is 12.1 Å². The Morgan fingerprint density at radius 1 is 1.39 bits per heavy atom. The molecule has 0 bridgehead atoms. The number of rotatable bonds is 4. The first-order valence-corrected chi connectivity index (χ1v) is 5.34. The second kappa shape index (κ2) is 5.35. The van der Waals surface area contributed by atoms with Crippen molar-refractivity contribution < 1.29 is 13.9 Å². The molecule has 92 valence electrons. The number of carbonyl (C=O) groups excluding carboxylic acids is 1. The van der Waals surface area contributed by atoms with Crippen LogP contribution in [0.4, 0.5) is 4.39 Å². The number of halogens is 1. The van der Waals surface area contributed by atoms with Crippen molar-refractivity contribution in [3.8, 4) is 5.75 Å². The molecule has 0 fully saturated rings. The molecule has 0 saturated heterocycles. The summed E-state index contributed by atoms with van der Waals surface area (Å²) in [5, 5.41) is 7.49. The summed E-state index contributed by atoms with van der Waals surface area (Å²) in [7, 11) is 1.37. The highest BCUT2D eigenvalue weighted by atomic mass is 19.1. The van der Waals surface area contributed by atoms with Crippen LogP contribution in [0.5, 0.6) is 5.75 Å². The number of carbonyl (C=O) groups is 1. The van der Waals surface area contributed by atoms with Gasteiger partial charge in [0, 0.05) is 11.8 Å². The number of hydrogen-bond acceptors (Lipinski definition) is 4. The number of nitrogens with zero attached hydrogens (tertiary/aromatic N) is 2. The average Bonchev–Trinajstić information content (AvgIpc) is 2.39.